The number of nitrogens with one attached hydrogen (secondary N) is 1. The first-order valence-electron chi connectivity index (χ1n) is 6.40. The van der Waals surface area contributed by atoms with E-state index in [1.165, 1.54) is 0 Å². The number of hydrogen-bond donors (Lipinski definition) is 2. The van der Waals surface area contributed by atoms with Crippen molar-refractivity contribution in [2.75, 3.05) is 0 Å². The molecule has 0 spiro atoms. The van der Waals surface area contributed by atoms with Crippen molar-refractivity contribution in [3.05, 3.63) is 33.8 Å². The van der Waals surface area contributed by atoms with Crippen LogP contribution in [0.1, 0.15) is 43.1 Å². The smallest absolute Gasteiger partial charge is 0.305 e. The first kappa shape index (κ1) is 16.7. The maximum Gasteiger partial charge on any atom is 0.305 e. The Balaban J connectivity index is 2.93. The summed E-state index contributed by atoms with van der Waals surface area (Å²) in [6.45, 7) is 7.66. The number of halogens is 1. The van der Waals surface area contributed by atoms with E-state index in [-0.39, 0.29) is 17.7 Å². The number of rotatable bonds is 4. The minimum absolute atomic E-state index is 0.0985. The van der Waals surface area contributed by atoms with Crippen LogP contribution in [-0.4, -0.2) is 23.0 Å². The Kier molecular flexibility index (Phi) is 5.34. The highest BCUT2D eigenvalue weighted by atomic mass is 79.9. The fraction of sp³-hybridized carbons (Fsp3) is 0.467. The first-order chi connectivity index (χ1) is 9.11. The van der Waals surface area contributed by atoms with E-state index in [1.807, 2.05) is 39.8 Å². The molecule has 0 saturated heterocycles. The number of benzene rings is 1. The van der Waals surface area contributed by atoms with Crippen LogP contribution in [-0.2, 0) is 4.79 Å². The van der Waals surface area contributed by atoms with Crippen LogP contribution in [0.4, 0.5) is 0 Å². The summed E-state index contributed by atoms with van der Waals surface area (Å²) in [5.74, 6) is -1.19. The summed E-state index contributed by atoms with van der Waals surface area (Å²) in [6.07, 6.45) is -0.0985. The quantitative estimate of drug-likeness (QED) is 0.882. The fourth-order valence-electron chi connectivity index (χ4n) is 1.79. The Morgan fingerprint density at radius 2 is 1.95 bits per heavy atom. The Hall–Kier alpha value is -1.36. The van der Waals surface area contributed by atoms with Crippen LogP contribution >= 0.6 is 15.9 Å². The molecule has 0 heterocycles. The summed E-state index contributed by atoms with van der Waals surface area (Å²) in [5.41, 5.74) is 1.23. The minimum atomic E-state index is -0.923. The molecule has 0 radical (unpaired) electrons. The van der Waals surface area contributed by atoms with Crippen LogP contribution in [0.25, 0.3) is 0 Å². The number of carbonyl (C=O) groups is 2. The topological polar surface area (TPSA) is 66.4 Å². The van der Waals surface area contributed by atoms with Crippen LogP contribution in [0.15, 0.2) is 22.7 Å². The minimum Gasteiger partial charge on any atom is -0.481 e. The Morgan fingerprint density at radius 1 is 1.35 bits per heavy atom. The molecule has 1 aromatic rings. The molecular weight excluding hydrogens is 322 g/mol. The molecule has 1 rings (SSSR count). The molecule has 1 aromatic carbocycles. The largest absolute Gasteiger partial charge is 0.481 e. The lowest BCUT2D eigenvalue weighted by atomic mass is 9.84. The van der Waals surface area contributed by atoms with Crippen molar-refractivity contribution in [2.24, 2.45) is 5.41 Å². The second-order valence-corrected chi connectivity index (χ2v) is 6.83. The lowest BCUT2D eigenvalue weighted by Crippen LogP contribution is -2.45. The van der Waals surface area contributed by atoms with Crippen LogP contribution in [0.5, 0.6) is 0 Å². The van der Waals surface area contributed by atoms with E-state index in [1.54, 1.807) is 6.07 Å². The van der Waals surface area contributed by atoms with Gasteiger partial charge in [0.25, 0.3) is 5.91 Å². The highest BCUT2D eigenvalue weighted by Crippen LogP contribution is 2.24. The molecule has 0 fully saturated rings. The molecule has 1 unspecified atom stereocenters. The van der Waals surface area contributed by atoms with Gasteiger partial charge in [-0.1, -0.05) is 26.8 Å². The third kappa shape index (κ3) is 4.63. The molecule has 0 saturated carbocycles. The van der Waals surface area contributed by atoms with Gasteiger partial charge in [-0.2, -0.15) is 0 Å². The van der Waals surface area contributed by atoms with Gasteiger partial charge in [-0.15, -0.1) is 0 Å². The number of carboxylic acid groups (broad SMARTS) is 1. The van der Waals surface area contributed by atoms with E-state index >= 15 is 0 Å². The second kappa shape index (κ2) is 6.39. The van der Waals surface area contributed by atoms with Gasteiger partial charge in [0.2, 0.25) is 0 Å². The first-order valence-corrected chi connectivity index (χ1v) is 7.19. The van der Waals surface area contributed by atoms with Gasteiger partial charge in [0.15, 0.2) is 0 Å². The summed E-state index contributed by atoms with van der Waals surface area (Å²) in [7, 11) is 0. The second-order valence-electron chi connectivity index (χ2n) is 5.97. The molecule has 2 N–H and O–H groups in total. The zero-order valence-electron chi connectivity index (χ0n) is 12.2. The Morgan fingerprint density at radius 3 is 2.40 bits per heavy atom. The molecule has 0 aliphatic heterocycles. The highest BCUT2D eigenvalue weighted by molar-refractivity contribution is 9.10. The molecule has 110 valence electrons. The van der Waals surface area contributed by atoms with E-state index in [0.29, 0.717) is 10.0 Å². The van der Waals surface area contributed by atoms with Crippen molar-refractivity contribution < 1.29 is 14.7 Å². The molecule has 1 atom stereocenters. The number of hydrogen-bond acceptors (Lipinski definition) is 2. The lowest BCUT2D eigenvalue weighted by Gasteiger charge is -2.30. The molecule has 1 amide bonds. The normalized spacial score (nSPS) is 12.8. The molecule has 4 nitrogen and oxygen atoms in total. The van der Waals surface area contributed by atoms with Gasteiger partial charge >= 0.3 is 5.97 Å². The average molecular weight is 342 g/mol. The van der Waals surface area contributed by atoms with Gasteiger partial charge in [0.05, 0.1) is 12.0 Å². The van der Waals surface area contributed by atoms with Crippen LogP contribution < -0.4 is 5.32 Å². The monoisotopic (exact) mass is 341 g/mol. The fourth-order valence-corrected chi connectivity index (χ4v) is 2.46. The highest BCUT2D eigenvalue weighted by Gasteiger charge is 2.29. The average Bonchev–Trinajstić information content (AvgIpc) is 2.25. The van der Waals surface area contributed by atoms with E-state index < -0.39 is 12.0 Å². The molecule has 0 bridgehead atoms. The molecule has 0 aliphatic carbocycles. The number of aliphatic carboxylic acids is 1. The number of carbonyl (C=O) groups excluding carboxylic acids is 1. The predicted octanol–water partition coefficient (Wildman–Crippen LogP) is 3.38. The summed E-state index contributed by atoms with van der Waals surface area (Å²) < 4.78 is 0.706. The molecule has 0 aromatic heterocycles. The molecule has 5 heteroatoms. The maximum atomic E-state index is 12.3. The third-order valence-electron chi connectivity index (χ3n) is 3.10. The van der Waals surface area contributed by atoms with E-state index in [2.05, 4.69) is 21.2 Å². The van der Waals surface area contributed by atoms with Gasteiger partial charge in [-0.05, 0) is 46.0 Å². The Bertz CT molecular complexity index is 520. The molecular formula is C15H20BrNO3. The van der Waals surface area contributed by atoms with Crippen molar-refractivity contribution in [2.45, 2.75) is 40.2 Å². The van der Waals surface area contributed by atoms with Crippen molar-refractivity contribution in [3.8, 4) is 0 Å². The zero-order chi connectivity index (χ0) is 15.5. The predicted molar refractivity (Wildman–Crippen MR) is 81.8 cm³/mol. The Labute approximate surface area is 127 Å². The summed E-state index contributed by atoms with van der Waals surface area (Å²) in [6, 6.07) is 5.01. The number of carboxylic acids is 1. The van der Waals surface area contributed by atoms with Crippen molar-refractivity contribution in [1.29, 1.82) is 0 Å². The number of aryl methyl sites for hydroxylation is 1. The molecule has 20 heavy (non-hydrogen) atoms. The van der Waals surface area contributed by atoms with Crippen LogP contribution in [0.3, 0.4) is 0 Å². The zero-order valence-corrected chi connectivity index (χ0v) is 13.7. The standard InChI is InChI=1S/C15H20BrNO3/c1-9-5-6-10(11(16)7-9)14(20)17-12(8-13(18)19)15(2,3)4/h5-7,12H,8H2,1-4H3,(H,17,20)(H,18,19). The van der Waals surface area contributed by atoms with Crippen LogP contribution in [0.2, 0.25) is 0 Å². The van der Waals surface area contributed by atoms with Gasteiger partial charge in [-0.25, -0.2) is 0 Å². The van der Waals surface area contributed by atoms with Crippen molar-refractivity contribution in [1.82, 2.24) is 5.32 Å². The third-order valence-corrected chi connectivity index (χ3v) is 3.75. The van der Waals surface area contributed by atoms with E-state index in [0.717, 1.165) is 5.56 Å². The van der Waals surface area contributed by atoms with Crippen molar-refractivity contribution in [3.63, 3.8) is 0 Å². The van der Waals surface area contributed by atoms with E-state index in [9.17, 15) is 9.59 Å². The van der Waals surface area contributed by atoms with Gasteiger partial charge < -0.3 is 10.4 Å². The maximum absolute atomic E-state index is 12.3. The van der Waals surface area contributed by atoms with Gasteiger partial charge in [0, 0.05) is 10.5 Å². The number of amides is 1. The summed E-state index contributed by atoms with van der Waals surface area (Å²) in [5, 5.41) is 11.8. The van der Waals surface area contributed by atoms with Gasteiger partial charge in [0.1, 0.15) is 0 Å². The summed E-state index contributed by atoms with van der Waals surface area (Å²) in [4.78, 5) is 23.2. The van der Waals surface area contributed by atoms with E-state index in [4.69, 9.17) is 5.11 Å². The van der Waals surface area contributed by atoms with Crippen molar-refractivity contribution >= 4 is 27.8 Å². The summed E-state index contributed by atoms with van der Waals surface area (Å²) >= 11 is 3.36. The SMILES string of the molecule is Cc1ccc(C(=O)NC(CC(=O)O)C(C)(C)C)c(Br)c1. The molecule has 0 aliphatic rings. The van der Waals surface area contributed by atoms with Crippen LogP contribution in [0, 0.1) is 12.3 Å². The lowest BCUT2D eigenvalue weighted by molar-refractivity contribution is -0.138. The van der Waals surface area contributed by atoms with Gasteiger partial charge in [-0.3, -0.25) is 9.59 Å².